The molecule has 0 aromatic heterocycles. The summed E-state index contributed by atoms with van der Waals surface area (Å²) in [5, 5.41) is 0.855. The van der Waals surface area contributed by atoms with E-state index in [9.17, 15) is 0 Å². The fourth-order valence-corrected chi connectivity index (χ4v) is 0.676. The van der Waals surface area contributed by atoms with Crippen LogP contribution in [0.1, 0.15) is 20.8 Å². The molecule has 48 valence electrons. The molecule has 0 heterocycles. The first-order valence-corrected chi connectivity index (χ1v) is 3.43. The molecular formula is C6H11ClS. The minimum absolute atomic E-state index is 0.411. The van der Waals surface area contributed by atoms with Gasteiger partial charge in [-0.2, -0.15) is 0 Å². The lowest BCUT2D eigenvalue weighted by atomic mass is 10.2. The van der Waals surface area contributed by atoms with Crippen molar-refractivity contribution < 1.29 is 0 Å². The van der Waals surface area contributed by atoms with E-state index in [1.54, 1.807) is 0 Å². The van der Waals surface area contributed by atoms with Crippen molar-refractivity contribution in [3.05, 3.63) is 9.94 Å². The minimum atomic E-state index is 0.411. The molecule has 0 spiro atoms. The lowest BCUT2D eigenvalue weighted by Gasteiger charge is -2.02. The Bertz CT molecular complexity index is 101. The molecule has 0 aliphatic rings. The van der Waals surface area contributed by atoms with E-state index in [0.717, 1.165) is 9.94 Å². The predicted octanol–water partition coefficient (Wildman–Crippen LogP) is 3.04. The van der Waals surface area contributed by atoms with Crippen molar-refractivity contribution >= 4 is 24.2 Å². The van der Waals surface area contributed by atoms with Gasteiger partial charge in [-0.25, -0.2) is 0 Å². The molecule has 0 aromatic carbocycles. The molecule has 0 unspecified atom stereocenters. The van der Waals surface area contributed by atoms with Crippen LogP contribution in [0, 0.1) is 5.92 Å². The molecule has 0 radical (unpaired) electrons. The summed E-state index contributed by atoms with van der Waals surface area (Å²) in [7, 11) is 0. The van der Waals surface area contributed by atoms with Gasteiger partial charge < -0.3 is 0 Å². The summed E-state index contributed by atoms with van der Waals surface area (Å²) in [4.78, 5) is 0.918. The Morgan fingerprint density at radius 1 is 1.50 bits per heavy atom. The minimum Gasteiger partial charge on any atom is -0.147 e. The number of halogens is 1. The van der Waals surface area contributed by atoms with Crippen LogP contribution in [0.2, 0.25) is 0 Å². The molecule has 0 N–H and O–H groups in total. The maximum atomic E-state index is 5.75. The molecule has 0 saturated heterocycles. The Kier molecular flexibility index (Phi) is 3.58. The Labute approximate surface area is 61.3 Å². The van der Waals surface area contributed by atoms with E-state index in [1.807, 2.05) is 20.8 Å². The summed E-state index contributed by atoms with van der Waals surface area (Å²) in [6, 6.07) is 0. The van der Waals surface area contributed by atoms with Gasteiger partial charge in [-0.15, -0.1) is 12.6 Å². The zero-order chi connectivity index (χ0) is 6.73. The standard InChI is InChI=1S/C6H11ClS/c1-4(2)6(7)5(3)8/h4,8H,1-3H3/b6-5-. The molecular weight excluding hydrogens is 140 g/mol. The van der Waals surface area contributed by atoms with E-state index in [2.05, 4.69) is 12.6 Å². The van der Waals surface area contributed by atoms with Crippen LogP contribution < -0.4 is 0 Å². The highest BCUT2D eigenvalue weighted by Crippen LogP contribution is 2.20. The summed E-state index contributed by atoms with van der Waals surface area (Å²) in [6.45, 7) is 5.98. The fourth-order valence-electron chi connectivity index (χ4n) is 0.418. The lowest BCUT2D eigenvalue weighted by molar-refractivity contribution is 0.810. The molecule has 2 heteroatoms. The third-order valence-corrected chi connectivity index (χ3v) is 1.95. The maximum Gasteiger partial charge on any atom is 0.0295 e. The molecule has 0 bridgehead atoms. The van der Waals surface area contributed by atoms with Gasteiger partial charge in [0.05, 0.1) is 0 Å². The number of hydrogen-bond acceptors (Lipinski definition) is 1. The average molecular weight is 151 g/mol. The SMILES string of the molecule is C/C(S)=C(/Cl)C(C)C. The van der Waals surface area contributed by atoms with E-state index < -0.39 is 0 Å². The van der Waals surface area contributed by atoms with Gasteiger partial charge in [-0.1, -0.05) is 25.4 Å². The Morgan fingerprint density at radius 3 is 1.88 bits per heavy atom. The molecule has 0 fully saturated rings. The van der Waals surface area contributed by atoms with E-state index in [0.29, 0.717) is 5.92 Å². The van der Waals surface area contributed by atoms with Crippen molar-refractivity contribution in [2.45, 2.75) is 20.8 Å². The van der Waals surface area contributed by atoms with Crippen LogP contribution in [0.25, 0.3) is 0 Å². The average Bonchev–Trinajstić information content (AvgIpc) is 1.64. The summed E-state index contributed by atoms with van der Waals surface area (Å²) < 4.78 is 0. The highest BCUT2D eigenvalue weighted by molar-refractivity contribution is 7.84. The van der Waals surface area contributed by atoms with Gasteiger partial charge in [0.25, 0.3) is 0 Å². The van der Waals surface area contributed by atoms with Crippen molar-refractivity contribution in [1.29, 1.82) is 0 Å². The van der Waals surface area contributed by atoms with Gasteiger partial charge in [0.2, 0.25) is 0 Å². The van der Waals surface area contributed by atoms with Crippen LogP contribution in [0.5, 0.6) is 0 Å². The molecule has 0 rings (SSSR count). The summed E-state index contributed by atoms with van der Waals surface area (Å²) in [5.74, 6) is 0.411. The maximum absolute atomic E-state index is 5.75. The van der Waals surface area contributed by atoms with Crippen LogP contribution in [0.15, 0.2) is 9.94 Å². The Morgan fingerprint density at radius 2 is 1.88 bits per heavy atom. The first kappa shape index (κ1) is 8.38. The van der Waals surface area contributed by atoms with Crippen LogP contribution >= 0.6 is 24.2 Å². The van der Waals surface area contributed by atoms with Gasteiger partial charge in [0, 0.05) is 5.03 Å². The van der Waals surface area contributed by atoms with Crippen LogP contribution in [0.3, 0.4) is 0 Å². The highest BCUT2D eigenvalue weighted by Gasteiger charge is 1.99. The highest BCUT2D eigenvalue weighted by atomic mass is 35.5. The fraction of sp³-hybridized carbons (Fsp3) is 0.667. The van der Waals surface area contributed by atoms with Crippen LogP contribution in [-0.4, -0.2) is 0 Å². The van der Waals surface area contributed by atoms with Crippen molar-refractivity contribution in [2.24, 2.45) is 5.92 Å². The van der Waals surface area contributed by atoms with Crippen molar-refractivity contribution in [3.63, 3.8) is 0 Å². The van der Waals surface area contributed by atoms with Crippen molar-refractivity contribution in [2.75, 3.05) is 0 Å². The van der Waals surface area contributed by atoms with E-state index in [1.165, 1.54) is 0 Å². The van der Waals surface area contributed by atoms with Gasteiger partial charge in [0.1, 0.15) is 0 Å². The second-order valence-corrected chi connectivity index (χ2v) is 3.17. The molecule has 8 heavy (non-hydrogen) atoms. The first-order valence-electron chi connectivity index (χ1n) is 2.61. The van der Waals surface area contributed by atoms with Gasteiger partial charge in [-0.05, 0) is 17.7 Å². The van der Waals surface area contributed by atoms with Crippen molar-refractivity contribution in [3.8, 4) is 0 Å². The molecule has 0 atom stereocenters. The van der Waals surface area contributed by atoms with Crippen LogP contribution in [0.4, 0.5) is 0 Å². The van der Waals surface area contributed by atoms with Crippen LogP contribution in [-0.2, 0) is 0 Å². The molecule has 0 amide bonds. The van der Waals surface area contributed by atoms with E-state index in [-0.39, 0.29) is 0 Å². The van der Waals surface area contributed by atoms with Crippen molar-refractivity contribution in [1.82, 2.24) is 0 Å². The quantitative estimate of drug-likeness (QED) is 0.546. The molecule has 0 aliphatic carbocycles. The normalized spacial score (nSPS) is 14.2. The molecule has 0 aromatic rings. The summed E-state index contributed by atoms with van der Waals surface area (Å²) in [6.07, 6.45) is 0. The second kappa shape index (κ2) is 3.41. The van der Waals surface area contributed by atoms with Gasteiger partial charge in [-0.3, -0.25) is 0 Å². The number of rotatable bonds is 1. The Balaban J connectivity index is 4.00. The number of allylic oxidation sites excluding steroid dienone is 2. The van der Waals surface area contributed by atoms with E-state index in [4.69, 9.17) is 11.6 Å². The zero-order valence-corrected chi connectivity index (χ0v) is 7.05. The Hall–Kier alpha value is 0.380. The summed E-state index contributed by atoms with van der Waals surface area (Å²) >= 11 is 9.83. The smallest absolute Gasteiger partial charge is 0.0295 e. The zero-order valence-electron chi connectivity index (χ0n) is 5.40. The van der Waals surface area contributed by atoms with Gasteiger partial charge >= 0.3 is 0 Å². The molecule has 0 saturated carbocycles. The monoisotopic (exact) mass is 150 g/mol. The van der Waals surface area contributed by atoms with Gasteiger partial charge in [0.15, 0.2) is 0 Å². The topological polar surface area (TPSA) is 0 Å². The number of hydrogen-bond donors (Lipinski definition) is 1. The van der Waals surface area contributed by atoms with E-state index >= 15 is 0 Å². The number of thiol groups is 1. The largest absolute Gasteiger partial charge is 0.147 e. The third kappa shape index (κ3) is 2.63. The third-order valence-electron chi connectivity index (χ3n) is 0.853. The second-order valence-electron chi connectivity index (χ2n) is 2.09. The molecule has 0 nitrogen and oxygen atoms in total. The first-order chi connectivity index (χ1) is 3.55. The lowest BCUT2D eigenvalue weighted by Crippen LogP contribution is -1.85. The summed E-state index contributed by atoms with van der Waals surface area (Å²) in [5.41, 5.74) is 0. The predicted molar refractivity (Wildman–Crippen MR) is 42.4 cm³/mol. The molecule has 0 aliphatic heterocycles.